The van der Waals surface area contributed by atoms with Gasteiger partial charge in [-0.2, -0.15) is 0 Å². The number of hydrogen-bond acceptors (Lipinski definition) is 3. The van der Waals surface area contributed by atoms with Crippen LogP contribution in [0.2, 0.25) is 0 Å². The van der Waals surface area contributed by atoms with Gasteiger partial charge in [-0.05, 0) is 25.8 Å². The van der Waals surface area contributed by atoms with Crippen LogP contribution in [0.1, 0.15) is 24.8 Å². The summed E-state index contributed by atoms with van der Waals surface area (Å²) in [4.78, 5) is 2.43. The van der Waals surface area contributed by atoms with Crippen molar-refractivity contribution in [1.29, 1.82) is 0 Å². The molecule has 1 aliphatic heterocycles. The third-order valence-corrected chi connectivity index (χ3v) is 2.57. The molecule has 1 atom stereocenters. The van der Waals surface area contributed by atoms with Crippen LogP contribution >= 0.6 is 0 Å². The second-order valence-electron chi connectivity index (χ2n) is 4.06. The lowest BCUT2D eigenvalue weighted by Crippen LogP contribution is -2.19. The number of likely N-dealkylation sites (tertiary alicyclic amines) is 1. The van der Waals surface area contributed by atoms with Crippen molar-refractivity contribution in [2.45, 2.75) is 26.8 Å². The second kappa shape index (κ2) is 3.50. The molecular formula is C10H16N2O. The van der Waals surface area contributed by atoms with E-state index in [0.717, 1.165) is 23.9 Å². The molecule has 1 aliphatic rings. The van der Waals surface area contributed by atoms with E-state index in [4.69, 9.17) is 4.52 Å². The first kappa shape index (κ1) is 8.75. The van der Waals surface area contributed by atoms with E-state index in [-0.39, 0.29) is 0 Å². The fourth-order valence-corrected chi connectivity index (χ4v) is 1.89. The lowest BCUT2D eigenvalue weighted by atomic mass is 10.2. The molecule has 0 aromatic carbocycles. The van der Waals surface area contributed by atoms with Crippen molar-refractivity contribution in [2.24, 2.45) is 5.92 Å². The van der Waals surface area contributed by atoms with Gasteiger partial charge in [0.25, 0.3) is 0 Å². The van der Waals surface area contributed by atoms with Crippen LogP contribution in [0.15, 0.2) is 10.6 Å². The first-order valence-electron chi connectivity index (χ1n) is 4.88. The van der Waals surface area contributed by atoms with E-state index in [1.54, 1.807) is 0 Å². The van der Waals surface area contributed by atoms with Crippen LogP contribution in [-0.2, 0) is 6.54 Å². The molecule has 72 valence electrons. The Morgan fingerprint density at radius 2 is 2.54 bits per heavy atom. The largest absolute Gasteiger partial charge is 0.361 e. The van der Waals surface area contributed by atoms with E-state index in [9.17, 15) is 0 Å². The van der Waals surface area contributed by atoms with Crippen LogP contribution in [-0.4, -0.2) is 23.1 Å². The summed E-state index contributed by atoms with van der Waals surface area (Å²) < 4.78 is 5.02. The Labute approximate surface area is 78.7 Å². The Morgan fingerprint density at radius 1 is 1.69 bits per heavy atom. The molecule has 0 aliphatic carbocycles. The van der Waals surface area contributed by atoms with Crippen LogP contribution in [0.4, 0.5) is 0 Å². The van der Waals surface area contributed by atoms with E-state index in [1.807, 2.05) is 13.0 Å². The Bertz CT molecular complexity index is 282. The summed E-state index contributed by atoms with van der Waals surface area (Å²) in [5, 5.41) is 3.99. The lowest BCUT2D eigenvalue weighted by molar-refractivity contribution is 0.303. The molecule has 0 radical (unpaired) electrons. The van der Waals surface area contributed by atoms with Crippen molar-refractivity contribution >= 4 is 0 Å². The zero-order valence-electron chi connectivity index (χ0n) is 8.29. The highest BCUT2D eigenvalue weighted by Gasteiger charge is 2.19. The van der Waals surface area contributed by atoms with Crippen LogP contribution in [0, 0.1) is 12.8 Å². The van der Waals surface area contributed by atoms with Crippen molar-refractivity contribution < 1.29 is 4.52 Å². The molecule has 1 aromatic rings. The smallest absolute Gasteiger partial charge is 0.133 e. The number of nitrogens with zero attached hydrogens (tertiary/aromatic N) is 2. The Hall–Kier alpha value is -0.830. The number of aryl methyl sites for hydroxylation is 1. The molecule has 13 heavy (non-hydrogen) atoms. The van der Waals surface area contributed by atoms with Gasteiger partial charge in [-0.25, -0.2) is 0 Å². The second-order valence-corrected chi connectivity index (χ2v) is 4.06. The normalized spacial score (nSPS) is 24.0. The van der Waals surface area contributed by atoms with Gasteiger partial charge in [0, 0.05) is 19.2 Å². The average Bonchev–Trinajstić information content (AvgIpc) is 2.62. The lowest BCUT2D eigenvalue weighted by Gasteiger charge is -2.12. The predicted octanol–water partition coefficient (Wildman–Crippen LogP) is 1.82. The van der Waals surface area contributed by atoms with Gasteiger partial charge in [0.15, 0.2) is 0 Å². The fourth-order valence-electron chi connectivity index (χ4n) is 1.89. The number of rotatable bonds is 2. The molecule has 0 bridgehead atoms. The zero-order chi connectivity index (χ0) is 9.26. The highest BCUT2D eigenvalue weighted by atomic mass is 16.5. The first-order chi connectivity index (χ1) is 6.24. The van der Waals surface area contributed by atoms with Crippen molar-refractivity contribution in [3.05, 3.63) is 17.5 Å². The SMILES string of the molecule is Cc1cc(CN2CCC(C)C2)no1. The number of hydrogen-bond donors (Lipinski definition) is 0. The van der Waals surface area contributed by atoms with Gasteiger partial charge in [-0.3, -0.25) is 4.90 Å². The summed E-state index contributed by atoms with van der Waals surface area (Å²) in [6.07, 6.45) is 1.32. The van der Waals surface area contributed by atoms with Gasteiger partial charge in [0.05, 0.1) is 5.69 Å². The Balaban J connectivity index is 1.91. The van der Waals surface area contributed by atoms with E-state index in [0.29, 0.717) is 0 Å². The van der Waals surface area contributed by atoms with Gasteiger partial charge in [0.2, 0.25) is 0 Å². The maximum atomic E-state index is 5.02. The van der Waals surface area contributed by atoms with E-state index >= 15 is 0 Å². The Morgan fingerprint density at radius 3 is 3.08 bits per heavy atom. The summed E-state index contributed by atoms with van der Waals surface area (Å²) in [7, 11) is 0. The number of aromatic nitrogens is 1. The molecule has 2 rings (SSSR count). The third kappa shape index (κ3) is 2.10. The highest BCUT2D eigenvalue weighted by molar-refractivity contribution is 5.03. The maximum Gasteiger partial charge on any atom is 0.133 e. The molecule has 2 heterocycles. The fraction of sp³-hybridized carbons (Fsp3) is 0.700. The van der Waals surface area contributed by atoms with Crippen molar-refractivity contribution in [2.75, 3.05) is 13.1 Å². The Kier molecular flexibility index (Phi) is 2.36. The molecule has 1 aromatic heterocycles. The van der Waals surface area contributed by atoms with Crippen molar-refractivity contribution in [3.63, 3.8) is 0 Å². The molecule has 0 saturated carbocycles. The summed E-state index contributed by atoms with van der Waals surface area (Å²) >= 11 is 0. The maximum absolute atomic E-state index is 5.02. The van der Waals surface area contributed by atoms with Crippen molar-refractivity contribution in [3.8, 4) is 0 Å². The van der Waals surface area contributed by atoms with Gasteiger partial charge < -0.3 is 4.52 Å². The summed E-state index contributed by atoms with van der Waals surface area (Å²) in [5.74, 6) is 1.75. The zero-order valence-corrected chi connectivity index (χ0v) is 8.29. The average molecular weight is 180 g/mol. The van der Waals surface area contributed by atoms with E-state index in [2.05, 4.69) is 17.0 Å². The summed E-state index contributed by atoms with van der Waals surface area (Å²) in [5.41, 5.74) is 1.06. The minimum Gasteiger partial charge on any atom is -0.361 e. The molecule has 1 unspecified atom stereocenters. The molecule has 0 spiro atoms. The molecular weight excluding hydrogens is 164 g/mol. The monoisotopic (exact) mass is 180 g/mol. The highest BCUT2D eigenvalue weighted by Crippen LogP contribution is 2.17. The van der Waals surface area contributed by atoms with Gasteiger partial charge in [-0.15, -0.1) is 0 Å². The predicted molar refractivity (Wildman–Crippen MR) is 50.3 cm³/mol. The topological polar surface area (TPSA) is 29.3 Å². The van der Waals surface area contributed by atoms with Crippen LogP contribution in [0.25, 0.3) is 0 Å². The summed E-state index contributed by atoms with van der Waals surface area (Å²) in [6.45, 7) is 7.58. The van der Waals surface area contributed by atoms with Crippen LogP contribution < -0.4 is 0 Å². The molecule has 1 saturated heterocycles. The molecule has 3 heteroatoms. The minimum absolute atomic E-state index is 0.841. The van der Waals surface area contributed by atoms with Crippen molar-refractivity contribution in [1.82, 2.24) is 10.1 Å². The quantitative estimate of drug-likeness (QED) is 0.695. The van der Waals surface area contributed by atoms with Gasteiger partial charge in [0.1, 0.15) is 5.76 Å². The molecule has 1 fully saturated rings. The van der Waals surface area contributed by atoms with E-state index in [1.165, 1.54) is 19.5 Å². The molecule has 3 nitrogen and oxygen atoms in total. The molecule has 0 amide bonds. The summed E-state index contributed by atoms with van der Waals surface area (Å²) in [6, 6.07) is 2.02. The van der Waals surface area contributed by atoms with E-state index < -0.39 is 0 Å². The minimum atomic E-state index is 0.841. The van der Waals surface area contributed by atoms with Crippen LogP contribution in [0.3, 0.4) is 0 Å². The third-order valence-electron chi connectivity index (χ3n) is 2.57. The first-order valence-corrected chi connectivity index (χ1v) is 4.88. The molecule has 0 N–H and O–H groups in total. The van der Waals surface area contributed by atoms with Gasteiger partial charge in [-0.1, -0.05) is 12.1 Å². The van der Waals surface area contributed by atoms with Crippen LogP contribution in [0.5, 0.6) is 0 Å². The standard InChI is InChI=1S/C10H16N2O/c1-8-3-4-12(6-8)7-10-5-9(2)13-11-10/h5,8H,3-4,6-7H2,1-2H3. The van der Waals surface area contributed by atoms with Gasteiger partial charge >= 0.3 is 0 Å².